The van der Waals surface area contributed by atoms with Crippen molar-refractivity contribution in [3.8, 4) is 11.5 Å². The number of amides is 1. The zero-order valence-electron chi connectivity index (χ0n) is 17.8. The van der Waals surface area contributed by atoms with Gasteiger partial charge in [0.2, 0.25) is 5.91 Å². The van der Waals surface area contributed by atoms with Crippen LogP contribution in [0.15, 0.2) is 30.3 Å². The molecule has 5 nitrogen and oxygen atoms in total. The Bertz CT molecular complexity index is 878. The normalized spacial score (nSPS) is 18.1. The molecule has 0 bridgehead atoms. The van der Waals surface area contributed by atoms with Gasteiger partial charge in [0.15, 0.2) is 0 Å². The number of hydrogen-bond donors (Lipinski definition) is 2. The number of phenols is 1. The third-order valence-corrected chi connectivity index (χ3v) is 5.81. The third-order valence-electron chi connectivity index (χ3n) is 5.81. The molecule has 0 fully saturated rings. The summed E-state index contributed by atoms with van der Waals surface area (Å²) in [5, 5.41) is 13.2. The fourth-order valence-electron chi connectivity index (χ4n) is 3.80. The lowest BCUT2D eigenvalue weighted by Crippen LogP contribution is -2.42. The highest BCUT2D eigenvalue weighted by Gasteiger charge is 2.35. The van der Waals surface area contributed by atoms with E-state index in [4.69, 9.17) is 9.47 Å². The van der Waals surface area contributed by atoms with Crippen molar-refractivity contribution < 1.29 is 19.4 Å². The number of carbonyl (C=O) groups excluding carboxylic acids is 1. The Balaban J connectivity index is 1.49. The van der Waals surface area contributed by atoms with Gasteiger partial charge in [0.25, 0.3) is 0 Å². The predicted octanol–water partition coefficient (Wildman–Crippen LogP) is 3.78. The molecule has 2 aromatic carbocycles. The van der Waals surface area contributed by atoms with Gasteiger partial charge in [0, 0.05) is 12.1 Å². The minimum Gasteiger partial charge on any atom is -0.507 e. The lowest BCUT2D eigenvalue weighted by atomic mass is 9.87. The van der Waals surface area contributed by atoms with Crippen LogP contribution in [0.3, 0.4) is 0 Å². The summed E-state index contributed by atoms with van der Waals surface area (Å²) in [5.74, 6) is 1.09. The molecule has 0 aromatic heterocycles. The van der Waals surface area contributed by atoms with Crippen molar-refractivity contribution in [1.29, 1.82) is 0 Å². The van der Waals surface area contributed by atoms with E-state index in [9.17, 15) is 9.90 Å². The molecule has 1 aliphatic heterocycles. The van der Waals surface area contributed by atoms with Crippen molar-refractivity contribution in [2.45, 2.75) is 52.6 Å². The van der Waals surface area contributed by atoms with Crippen molar-refractivity contribution in [2.24, 2.45) is 0 Å². The van der Waals surface area contributed by atoms with Gasteiger partial charge in [-0.15, -0.1) is 0 Å². The quantitative estimate of drug-likeness (QED) is 0.746. The van der Waals surface area contributed by atoms with E-state index in [1.807, 2.05) is 58.0 Å². The summed E-state index contributed by atoms with van der Waals surface area (Å²) in [6.45, 7) is 8.78. The number of fused-ring (bicyclic) bond motifs is 1. The fraction of sp³-hybridized carbons (Fsp3) is 0.458. The second kappa shape index (κ2) is 8.87. The van der Waals surface area contributed by atoms with E-state index in [0.717, 1.165) is 47.3 Å². The van der Waals surface area contributed by atoms with Crippen molar-refractivity contribution in [3.05, 3.63) is 58.1 Å². The number of phenolic OH excluding ortho intramolecular Hbond substituents is 1. The largest absolute Gasteiger partial charge is 0.507 e. The molecule has 0 radical (unpaired) electrons. The Kier molecular flexibility index (Phi) is 6.48. The molecule has 156 valence electrons. The van der Waals surface area contributed by atoms with Gasteiger partial charge in [0.05, 0.1) is 6.61 Å². The third kappa shape index (κ3) is 4.91. The molecule has 1 heterocycles. The van der Waals surface area contributed by atoms with Crippen LogP contribution in [-0.4, -0.2) is 36.4 Å². The second-order valence-electron chi connectivity index (χ2n) is 8.16. The molecular formula is C24H31NO4. The van der Waals surface area contributed by atoms with Gasteiger partial charge in [-0.25, -0.2) is 0 Å². The first-order valence-corrected chi connectivity index (χ1v) is 10.2. The molecule has 1 amide bonds. The molecule has 1 aliphatic rings. The Labute approximate surface area is 173 Å². The average molecular weight is 398 g/mol. The topological polar surface area (TPSA) is 67.8 Å². The van der Waals surface area contributed by atoms with E-state index >= 15 is 0 Å². The zero-order valence-corrected chi connectivity index (χ0v) is 17.8. The van der Waals surface area contributed by atoms with Gasteiger partial charge in [-0.05, 0) is 69.2 Å². The zero-order chi connectivity index (χ0) is 21.0. The van der Waals surface area contributed by atoms with E-state index in [-0.39, 0.29) is 12.5 Å². The smallest absolute Gasteiger partial charge is 0.246 e. The highest BCUT2D eigenvalue weighted by atomic mass is 16.5. The molecular weight excluding hydrogens is 366 g/mol. The van der Waals surface area contributed by atoms with E-state index in [0.29, 0.717) is 18.9 Å². The van der Waals surface area contributed by atoms with Crippen molar-refractivity contribution in [1.82, 2.24) is 5.32 Å². The number of carbonyl (C=O) groups is 1. The predicted molar refractivity (Wildman–Crippen MR) is 114 cm³/mol. The van der Waals surface area contributed by atoms with Crippen LogP contribution in [-0.2, 0) is 22.4 Å². The molecule has 1 atom stereocenters. The summed E-state index contributed by atoms with van der Waals surface area (Å²) in [6, 6.07) is 10.1. The van der Waals surface area contributed by atoms with Crippen LogP contribution < -0.4 is 10.1 Å². The first kappa shape index (κ1) is 21.2. The molecule has 0 spiro atoms. The molecule has 2 N–H and O–H groups in total. The van der Waals surface area contributed by atoms with Crippen LogP contribution in [0.5, 0.6) is 11.5 Å². The number of hydrogen-bond acceptors (Lipinski definition) is 4. The lowest BCUT2D eigenvalue weighted by Gasteiger charge is -2.37. The SMILES string of the molecule is Cc1c(C)c2c(c(C)c1O)CCC(C)(COCC(=O)NCCc1ccccc1)O2. The van der Waals surface area contributed by atoms with Gasteiger partial charge >= 0.3 is 0 Å². The van der Waals surface area contributed by atoms with Crippen LogP contribution in [0, 0.1) is 20.8 Å². The van der Waals surface area contributed by atoms with Crippen LogP contribution >= 0.6 is 0 Å². The number of aromatic hydroxyl groups is 1. The highest BCUT2D eigenvalue weighted by Crippen LogP contribution is 2.43. The number of rotatable bonds is 7. The van der Waals surface area contributed by atoms with E-state index in [1.165, 1.54) is 5.56 Å². The highest BCUT2D eigenvalue weighted by molar-refractivity contribution is 5.77. The van der Waals surface area contributed by atoms with Gasteiger partial charge in [-0.1, -0.05) is 30.3 Å². The van der Waals surface area contributed by atoms with E-state index < -0.39 is 5.60 Å². The second-order valence-corrected chi connectivity index (χ2v) is 8.16. The number of nitrogens with one attached hydrogen (secondary N) is 1. The molecule has 2 aromatic rings. The summed E-state index contributed by atoms with van der Waals surface area (Å²) in [7, 11) is 0. The maximum atomic E-state index is 12.1. The fourth-order valence-corrected chi connectivity index (χ4v) is 3.80. The molecule has 29 heavy (non-hydrogen) atoms. The van der Waals surface area contributed by atoms with Crippen LogP contribution in [0.2, 0.25) is 0 Å². The Morgan fingerprint density at radius 3 is 2.62 bits per heavy atom. The van der Waals surface area contributed by atoms with Crippen molar-refractivity contribution >= 4 is 5.91 Å². The van der Waals surface area contributed by atoms with Gasteiger partial charge < -0.3 is 19.9 Å². The minimum absolute atomic E-state index is 0.0210. The van der Waals surface area contributed by atoms with Crippen LogP contribution in [0.4, 0.5) is 0 Å². The molecule has 0 saturated carbocycles. The Morgan fingerprint density at radius 1 is 1.17 bits per heavy atom. The molecule has 3 rings (SSSR count). The first-order chi connectivity index (χ1) is 13.8. The summed E-state index contributed by atoms with van der Waals surface area (Å²) in [5.41, 5.74) is 4.49. The molecule has 0 aliphatic carbocycles. The van der Waals surface area contributed by atoms with Crippen LogP contribution in [0.25, 0.3) is 0 Å². The lowest BCUT2D eigenvalue weighted by molar-refractivity contribution is -0.128. The summed E-state index contributed by atoms with van der Waals surface area (Å²) in [4.78, 5) is 12.1. The van der Waals surface area contributed by atoms with Crippen LogP contribution in [0.1, 0.15) is 41.2 Å². The van der Waals surface area contributed by atoms with Crippen molar-refractivity contribution in [2.75, 3.05) is 19.8 Å². The maximum Gasteiger partial charge on any atom is 0.246 e. The maximum absolute atomic E-state index is 12.1. The Morgan fingerprint density at radius 2 is 1.90 bits per heavy atom. The number of benzene rings is 2. The summed E-state index contributed by atoms with van der Waals surface area (Å²) >= 11 is 0. The first-order valence-electron chi connectivity index (χ1n) is 10.2. The molecule has 0 saturated heterocycles. The number of ether oxygens (including phenoxy) is 2. The molecule has 1 unspecified atom stereocenters. The van der Waals surface area contributed by atoms with E-state index in [2.05, 4.69) is 5.32 Å². The minimum atomic E-state index is -0.488. The summed E-state index contributed by atoms with van der Waals surface area (Å²) in [6.07, 6.45) is 2.40. The van der Waals surface area contributed by atoms with Gasteiger partial charge in [-0.3, -0.25) is 4.79 Å². The average Bonchev–Trinajstić information content (AvgIpc) is 2.71. The van der Waals surface area contributed by atoms with Crippen molar-refractivity contribution in [3.63, 3.8) is 0 Å². The summed E-state index contributed by atoms with van der Waals surface area (Å²) < 4.78 is 12.0. The molecule has 5 heteroatoms. The van der Waals surface area contributed by atoms with Gasteiger partial charge in [-0.2, -0.15) is 0 Å². The Hall–Kier alpha value is -2.53. The standard InChI is InChI=1S/C24H31NO4/c1-16-17(2)23-20(18(3)22(16)27)10-12-24(4,29-23)15-28-14-21(26)25-13-11-19-8-6-5-7-9-19/h5-9,27H,10-15H2,1-4H3,(H,25,26). The van der Waals surface area contributed by atoms with Gasteiger partial charge in [0.1, 0.15) is 23.7 Å². The van der Waals surface area contributed by atoms with E-state index in [1.54, 1.807) is 0 Å². The monoisotopic (exact) mass is 397 g/mol.